The lowest BCUT2D eigenvalue weighted by Crippen LogP contribution is -2.46. The fourth-order valence-corrected chi connectivity index (χ4v) is 4.43. The lowest BCUT2D eigenvalue weighted by molar-refractivity contribution is -0.121. The third-order valence-electron chi connectivity index (χ3n) is 4.49. The Balaban J connectivity index is 1.73. The number of benzene rings is 3. The van der Waals surface area contributed by atoms with Gasteiger partial charge in [0.1, 0.15) is 17.5 Å². The number of hydrogen-bond donors (Lipinski definition) is 1. The first-order chi connectivity index (χ1) is 15.6. The Kier molecular flexibility index (Phi) is 7.97. The third-order valence-corrected chi connectivity index (χ3v) is 6.47. The summed E-state index contributed by atoms with van der Waals surface area (Å²) >= 11 is 11.8. The van der Waals surface area contributed by atoms with Crippen molar-refractivity contribution in [1.29, 1.82) is 0 Å². The second-order valence-corrected chi connectivity index (χ2v) is 9.73. The molecule has 172 valence electrons. The summed E-state index contributed by atoms with van der Waals surface area (Å²) in [5.41, 5.74) is 3.29. The molecule has 3 rings (SSSR count). The molecule has 0 aliphatic rings. The second kappa shape index (κ2) is 10.7. The van der Waals surface area contributed by atoms with Gasteiger partial charge in [-0.2, -0.15) is 5.10 Å². The molecule has 33 heavy (non-hydrogen) atoms. The van der Waals surface area contributed by atoms with Crippen LogP contribution in [0.3, 0.4) is 0 Å². The minimum atomic E-state index is -3.77. The fraction of sp³-hybridized carbons (Fsp3) is 0.130. The summed E-state index contributed by atoms with van der Waals surface area (Å²) < 4.78 is 31.7. The molecule has 0 radical (unpaired) electrons. The predicted octanol–water partition coefficient (Wildman–Crippen LogP) is 5.09. The van der Waals surface area contributed by atoms with Crippen LogP contribution in [0, 0.1) is 0 Å². The standard InChI is InChI=1S/C23H21Cl2N3O4S/c1-16(23(29)27-26-15-17-8-13-21(24)22(25)14-17)28(33(2,30)31)18-9-11-20(12-10-18)32-19-6-4-3-5-7-19/h3-16H,1-2H3,(H,27,29)/b26-15-/t16-/m1/s1. The lowest BCUT2D eigenvalue weighted by atomic mass is 10.2. The van der Waals surface area contributed by atoms with Crippen molar-refractivity contribution < 1.29 is 17.9 Å². The normalized spacial score (nSPS) is 12.4. The molecule has 3 aromatic rings. The number of hydrogen-bond acceptors (Lipinski definition) is 5. The molecule has 0 spiro atoms. The predicted molar refractivity (Wildman–Crippen MR) is 132 cm³/mol. The van der Waals surface area contributed by atoms with Crippen molar-refractivity contribution in [3.63, 3.8) is 0 Å². The Morgan fingerprint density at radius 1 is 1.00 bits per heavy atom. The van der Waals surface area contributed by atoms with Crippen molar-refractivity contribution in [3.8, 4) is 11.5 Å². The quantitative estimate of drug-likeness (QED) is 0.341. The topological polar surface area (TPSA) is 88.1 Å². The Bertz CT molecular complexity index is 1250. The van der Waals surface area contributed by atoms with E-state index in [0.717, 1.165) is 10.6 Å². The van der Waals surface area contributed by atoms with Crippen molar-refractivity contribution in [2.75, 3.05) is 10.6 Å². The molecule has 0 bridgehead atoms. The van der Waals surface area contributed by atoms with Gasteiger partial charge in [-0.1, -0.05) is 47.5 Å². The van der Waals surface area contributed by atoms with Gasteiger partial charge in [0, 0.05) is 0 Å². The van der Waals surface area contributed by atoms with E-state index in [-0.39, 0.29) is 0 Å². The molecule has 0 heterocycles. The van der Waals surface area contributed by atoms with Crippen LogP contribution >= 0.6 is 23.2 Å². The van der Waals surface area contributed by atoms with E-state index in [1.807, 2.05) is 30.3 Å². The summed E-state index contributed by atoms with van der Waals surface area (Å²) in [5, 5.41) is 4.63. The number of rotatable bonds is 8. The summed E-state index contributed by atoms with van der Waals surface area (Å²) in [5.74, 6) is 0.570. The van der Waals surface area contributed by atoms with Crippen molar-refractivity contribution in [2.45, 2.75) is 13.0 Å². The molecule has 1 atom stereocenters. The number of para-hydroxylation sites is 1. The number of halogens is 2. The van der Waals surface area contributed by atoms with E-state index in [9.17, 15) is 13.2 Å². The first kappa shape index (κ1) is 24.6. The highest BCUT2D eigenvalue weighted by molar-refractivity contribution is 7.92. The Morgan fingerprint density at radius 2 is 1.64 bits per heavy atom. The van der Waals surface area contributed by atoms with Gasteiger partial charge >= 0.3 is 0 Å². The number of nitrogens with one attached hydrogen (secondary N) is 1. The lowest BCUT2D eigenvalue weighted by Gasteiger charge is -2.27. The van der Waals surface area contributed by atoms with E-state index in [4.69, 9.17) is 27.9 Å². The van der Waals surface area contributed by atoms with Crippen LogP contribution in [0.5, 0.6) is 11.5 Å². The molecule has 3 aromatic carbocycles. The smallest absolute Gasteiger partial charge is 0.263 e. The van der Waals surface area contributed by atoms with Crippen molar-refractivity contribution in [1.82, 2.24) is 5.43 Å². The maximum atomic E-state index is 12.6. The van der Waals surface area contributed by atoms with Crippen LogP contribution in [0.15, 0.2) is 77.9 Å². The highest BCUT2D eigenvalue weighted by atomic mass is 35.5. The van der Waals surface area contributed by atoms with Gasteiger partial charge in [-0.15, -0.1) is 0 Å². The summed E-state index contributed by atoms with van der Waals surface area (Å²) in [6.45, 7) is 1.47. The van der Waals surface area contributed by atoms with Gasteiger partial charge in [0.2, 0.25) is 10.0 Å². The van der Waals surface area contributed by atoms with Crippen LogP contribution in [0.1, 0.15) is 12.5 Å². The van der Waals surface area contributed by atoms with Gasteiger partial charge < -0.3 is 4.74 Å². The molecule has 0 aliphatic heterocycles. The number of carbonyl (C=O) groups is 1. The second-order valence-electron chi connectivity index (χ2n) is 7.05. The van der Waals surface area contributed by atoms with Crippen LogP contribution in [0.25, 0.3) is 0 Å². The van der Waals surface area contributed by atoms with Crippen LogP contribution < -0.4 is 14.5 Å². The van der Waals surface area contributed by atoms with Gasteiger partial charge in [0.25, 0.3) is 5.91 Å². The van der Waals surface area contributed by atoms with Gasteiger partial charge in [-0.25, -0.2) is 13.8 Å². The Labute approximate surface area is 202 Å². The molecule has 1 N–H and O–H groups in total. The van der Waals surface area contributed by atoms with Gasteiger partial charge in [0.15, 0.2) is 0 Å². The molecule has 0 aliphatic carbocycles. The number of ether oxygens (including phenoxy) is 1. The first-order valence-corrected chi connectivity index (χ1v) is 12.4. The highest BCUT2D eigenvalue weighted by Gasteiger charge is 2.29. The molecule has 1 amide bonds. The van der Waals surface area contributed by atoms with E-state index >= 15 is 0 Å². The van der Waals surface area contributed by atoms with Crippen molar-refractivity contribution in [3.05, 3.63) is 88.4 Å². The third kappa shape index (κ3) is 6.71. The van der Waals surface area contributed by atoms with E-state index in [1.54, 1.807) is 42.5 Å². The fourth-order valence-electron chi connectivity index (χ4n) is 2.95. The maximum absolute atomic E-state index is 12.6. The monoisotopic (exact) mass is 505 g/mol. The maximum Gasteiger partial charge on any atom is 0.263 e. The molecule has 0 aromatic heterocycles. The van der Waals surface area contributed by atoms with Crippen molar-refractivity contribution >= 4 is 51.0 Å². The largest absolute Gasteiger partial charge is 0.457 e. The molecule has 7 nitrogen and oxygen atoms in total. The summed E-state index contributed by atoms with van der Waals surface area (Å²) in [7, 11) is -3.77. The number of carbonyl (C=O) groups excluding carboxylic acids is 1. The van der Waals surface area contributed by atoms with E-state index in [0.29, 0.717) is 32.8 Å². The molecular weight excluding hydrogens is 485 g/mol. The zero-order valence-electron chi connectivity index (χ0n) is 17.8. The SMILES string of the molecule is C[C@H](C(=O)N/N=C\c1ccc(Cl)c(Cl)c1)N(c1ccc(Oc2ccccc2)cc1)S(C)(=O)=O. The van der Waals surface area contributed by atoms with Gasteiger partial charge in [-0.3, -0.25) is 9.10 Å². The molecule has 0 unspecified atom stereocenters. The Hall–Kier alpha value is -3.07. The van der Waals surface area contributed by atoms with Crippen LogP contribution in [0.2, 0.25) is 10.0 Å². The minimum absolute atomic E-state index is 0.314. The van der Waals surface area contributed by atoms with E-state index in [1.165, 1.54) is 13.1 Å². The number of sulfonamides is 1. The van der Waals surface area contributed by atoms with Gasteiger partial charge in [-0.05, 0) is 61.0 Å². The number of anilines is 1. The number of hydrazone groups is 1. The minimum Gasteiger partial charge on any atom is -0.457 e. The van der Waals surface area contributed by atoms with Crippen LogP contribution in [-0.4, -0.2) is 32.8 Å². The average molecular weight is 506 g/mol. The van der Waals surface area contributed by atoms with Crippen molar-refractivity contribution in [2.24, 2.45) is 5.10 Å². The van der Waals surface area contributed by atoms with E-state index < -0.39 is 22.0 Å². The average Bonchev–Trinajstić information content (AvgIpc) is 2.77. The molecule has 0 saturated heterocycles. The zero-order valence-corrected chi connectivity index (χ0v) is 20.1. The number of amides is 1. The molecule has 10 heteroatoms. The molecule has 0 saturated carbocycles. The molecule has 0 fully saturated rings. The molecular formula is C23H21Cl2N3O4S. The van der Waals surface area contributed by atoms with Crippen LogP contribution in [0.4, 0.5) is 5.69 Å². The first-order valence-electron chi connectivity index (χ1n) is 9.75. The van der Waals surface area contributed by atoms with E-state index in [2.05, 4.69) is 10.5 Å². The summed E-state index contributed by atoms with van der Waals surface area (Å²) in [4.78, 5) is 12.6. The Morgan fingerprint density at radius 3 is 2.24 bits per heavy atom. The zero-order chi connectivity index (χ0) is 24.0. The summed E-state index contributed by atoms with van der Waals surface area (Å²) in [6, 6.07) is 19.4. The van der Waals surface area contributed by atoms with Gasteiger partial charge in [0.05, 0.1) is 28.2 Å². The van der Waals surface area contributed by atoms with Crippen LogP contribution in [-0.2, 0) is 14.8 Å². The summed E-state index contributed by atoms with van der Waals surface area (Å²) in [6.07, 6.45) is 2.41. The number of nitrogens with zero attached hydrogens (tertiary/aromatic N) is 2. The highest BCUT2D eigenvalue weighted by Crippen LogP contribution is 2.27.